The second kappa shape index (κ2) is 13.4. The molecule has 1 amide bonds. The van der Waals surface area contributed by atoms with Gasteiger partial charge in [-0.05, 0) is 45.1 Å². The van der Waals surface area contributed by atoms with Crippen LogP contribution in [0.25, 0.3) is 0 Å². The van der Waals surface area contributed by atoms with Crippen molar-refractivity contribution < 1.29 is 19.4 Å². The molecule has 28 heavy (non-hydrogen) atoms. The van der Waals surface area contributed by atoms with Crippen LogP contribution in [0.2, 0.25) is 0 Å². The van der Waals surface area contributed by atoms with E-state index in [0.717, 1.165) is 37.0 Å². The third kappa shape index (κ3) is 9.40. The van der Waals surface area contributed by atoms with Crippen LogP contribution in [0.5, 0.6) is 0 Å². The molecule has 0 saturated heterocycles. The summed E-state index contributed by atoms with van der Waals surface area (Å²) < 4.78 is 5.20. The number of unbranched alkanes of at least 4 members (excludes halogenated alkanes) is 5. The molecule has 1 rings (SSSR count). The van der Waals surface area contributed by atoms with Gasteiger partial charge in [-0.1, -0.05) is 57.6 Å². The molecule has 1 aromatic rings. The first-order chi connectivity index (χ1) is 13.3. The molecule has 0 spiro atoms. The smallest absolute Gasteiger partial charge is 0.412 e. The molecule has 0 radical (unpaired) electrons. The molecule has 0 aliphatic rings. The topological polar surface area (TPSA) is 75.6 Å². The molecular weight excluding hydrogens is 374 g/mol. The number of carboxylic acid groups (broad SMARTS) is 1. The Hall–Kier alpha value is -1.82. The van der Waals surface area contributed by atoms with Crippen molar-refractivity contribution in [2.24, 2.45) is 0 Å². The van der Waals surface area contributed by atoms with Crippen LogP contribution in [0.3, 0.4) is 0 Å². The van der Waals surface area contributed by atoms with Crippen molar-refractivity contribution in [3.05, 3.63) is 28.2 Å². The average Bonchev–Trinajstić information content (AvgIpc) is 3.04. The van der Waals surface area contributed by atoms with E-state index in [9.17, 15) is 14.7 Å². The molecule has 0 aromatic carbocycles. The maximum atomic E-state index is 12.0. The van der Waals surface area contributed by atoms with Crippen molar-refractivity contribution in [1.82, 2.24) is 0 Å². The van der Waals surface area contributed by atoms with E-state index in [1.165, 1.54) is 36.2 Å². The van der Waals surface area contributed by atoms with Gasteiger partial charge in [-0.15, -0.1) is 11.3 Å². The summed E-state index contributed by atoms with van der Waals surface area (Å²) in [5.41, 5.74) is 1.41. The number of anilines is 1. The van der Waals surface area contributed by atoms with E-state index in [1.807, 2.05) is 0 Å². The van der Waals surface area contributed by atoms with E-state index in [1.54, 1.807) is 6.07 Å². The van der Waals surface area contributed by atoms with Crippen LogP contribution < -0.4 is 5.32 Å². The summed E-state index contributed by atoms with van der Waals surface area (Å²) in [6.45, 7) is 8.75. The Balaban J connectivity index is 2.54. The summed E-state index contributed by atoms with van der Waals surface area (Å²) in [5.74, 6) is -0.807. The molecule has 0 fully saturated rings. The molecule has 0 aliphatic carbocycles. The van der Waals surface area contributed by atoms with E-state index in [4.69, 9.17) is 4.74 Å². The van der Waals surface area contributed by atoms with Gasteiger partial charge in [0.25, 0.3) is 0 Å². The van der Waals surface area contributed by atoms with Crippen LogP contribution in [0.4, 0.5) is 9.80 Å². The minimum absolute atomic E-state index is 0.130. The minimum Gasteiger partial charge on any atom is -0.478 e. The molecular formula is C22H35NO4S. The number of aromatic carboxylic acids is 1. The Morgan fingerprint density at radius 3 is 2.54 bits per heavy atom. The first kappa shape index (κ1) is 24.2. The summed E-state index contributed by atoms with van der Waals surface area (Å²) in [6, 6.07) is 1.67. The van der Waals surface area contributed by atoms with Gasteiger partial charge in [-0.3, -0.25) is 5.32 Å². The number of ether oxygens (including phenoxy) is 1. The zero-order valence-electron chi connectivity index (χ0n) is 17.7. The zero-order valence-corrected chi connectivity index (χ0v) is 18.5. The molecule has 1 heterocycles. The lowest BCUT2D eigenvalue weighted by molar-refractivity contribution is 0.0698. The van der Waals surface area contributed by atoms with Gasteiger partial charge in [-0.2, -0.15) is 0 Å². The summed E-state index contributed by atoms with van der Waals surface area (Å²) in [4.78, 5) is 24.5. The molecule has 6 heteroatoms. The number of hydrogen-bond acceptors (Lipinski definition) is 4. The van der Waals surface area contributed by atoms with Crippen LogP contribution in [-0.4, -0.2) is 23.8 Å². The number of allylic oxidation sites excluding steroid dienone is 2. The fourth-order valence-electron chi connectivity index (χ4n) is 2.84. The Morgan fingerprint density at radius 2 is 1.89 bits per heavy atom. The van der Waals surface area contributed by atoms with Gasteiger partial charge in [0.2, 0.25) is 0 Å². The van der Waals surface area contributed by atoms with E-state index in [2.05, 4.69) is 39.1 Å². The highest BCUT2D eigenvalue weighted by molar-refractivity contribution is 7.16. The molecule has 158 valence electrons. The second-order valence-electron chi connectivity index (χ2n) is 7.49. The lowest BCUT2D eigenvalue weighted by Gasteiger charge is -2.07. The Kier molecular flexibility index (Phi) is 11.6. The van der Waals surface area contributed by atoms with Crippen LogP contribution in [0.1, 0.15) is 100 Å². The van der Waals surface area contributed by atoms with E-state index >= 15 is 0 Å². The van der Waals surface area contributed by atoms with Crippen molar-refractivity contribution >= 4 is 28.4 Å². The molecule has 1 aromatic heterocycles. The number of carboxylic acids is 1. The fourth-order valence-corrected chi connectivity index (χ4v) is 3.97. The van der Waals surface area contributed by atoms with Gasteiger partial charge in [0.05, 0.1) is 12.2 Å². The number of hydrogen-bond donors (Lipinski definition) is 2. The first-order valence-corrected chi connectivity index (χ1v) is 11.1. The van der Waals surface area contributed by atoms with Gasteiger partial charge in [-0.25, -0.2) is 9.59 Å². The van der Waals surface area contributed by atoms with E-state index < -0.39 is 12.1 Å². The van der Waals surface area contributed by atoms with Crippen molar-refractivity contribution in [3.8, 4) is 0 Å². The fraction of sp³-hybridized carbons (Fsp3) is 0.636. The SMILES string of the molecule is CCCCCCCCOC(=O)Nc1sc(C(C)CCC=C(C)C)cc1C(=O)O. The predicted molar refractivity (Wildman–Crippen MR) is 117 cm³/mol. The maximum Gasteiger partial charge on any atom is 0.412 e. The average molecular weight is 410 g/mol. The number of rotatable bonds is 13. The summed E-state index contributed by atoms with van der Waals surface area (Å²) in [5, 5.41) is 12.4. The van der Waals surface area contributed by atoms with Crippen LogP contribution in [0.15, 0.2) is 17.7 Å². The number of amides is 1. The minimum atomic E-state index is -1.04. The predicted octanol–water partition coefficient (Wildman–Crippen LogP) is 7.21. The van der Waals surface area contributed by atoms with Crippen LogP contribution in [-0.2, 0) is 4.74 Å². The zero-order chi connectivity index (χ0) is 20.9. The largest absolute Gasteiger partial charge is 0.478 e. The highest BCUT2D eigenvalue weighted by Crippen LogP contribution is 2.35. The summed E-state index contributed by atoms with van der Waals surface area (Å²) >= 11 is 1.32. The van der Waals surface area contributed by atoms with Crippen molar-refractivity contribution in [3.63, 3.8) is 0 Å². The highest BCUT2D eigenvalue weighted by atomic mass is 32.1. The molecule has 2 N–H and O–H groups in total. The van der Waals surface area contributed by atoms with Crippen molar-refractivity contribution in [2.75, 3.05) is 11.9 Å². The molecule has 0 saturated carbocycles. The lowest BCUT2D eigenvalue weighted by atomic mass is 10.0. The standard InChI is InChI=1S/C22H35NO4S/c1-5-6-7-8-9-10-14-27-22(26)23-20-18(21(24)25)15-19(28-20)17(4)13-11-12-16(2)3/h12,15,17H,5-11,13-14H2,1-4H3,(H,23,26)(H,24,25). The number of carbonyl (C=O) groups excluding carboxylic acids is 1. The van der Waals surface area contributed by atoms with Gasteiger partial charge in [0, 0.05) is 4.88 Å². The summed E-state index contributed by atoms with van der Waals surface area (Å²) in [6.07, 6.45) is 10.2. The van der Waals surface area contributed by atoms with Gasteiger partial charge in [0.1, 0.15) is 5.00 Å². The van der Waals surface area contributed by atoms with E-state index in [0.29, 0.717) is 11.6 Å². The Bertz CT molecular complexity index is 647. The monoisotopic (exact) mass is 409 g/mol. The maximum absolute atomic E-state index is 12.0. The number of nitrogens with one attached hydrogen (secondary N) is 1. The molecule has 1 unspecified atom stereocenters. The van der Waals surface area contributed by atoms with Crippen LogP contribution in [0, 0.1) is 0 Å². The normalized spacial score (nSPS) is 11.7. The van der Waals surface area contributed by atoms with E-state index in [-0.39, 0.29) is 11.5 Å². The summed E-state index contributed by atoms with van der Waals surface area (Å²) in [7, 11) is 0. The number of thiophene rings is 1. The Labute approximate surface area is 173 Å². The van der Waals surface area contributed by atoms with Crippen molar-refractivity contribution in [2.45, 2.75) is 85.0 Å². The van der Waals surface area contributed by atoms with Gasteiger partial charge in [0.15, 0.2) is 0 Å². The molecule has 1 atom stereocenters. The third-order valence-corrected chi connectivity index (χ3v) is 5.85. The van der Waals surface area contributed by atoms with Gasteiger partial charge >= 0.3 is 12.1 Å². The van der Waals surface area contributed by atoms with Crippen molar-refractivity contribution in [1.29, 1.82) is 0 Å². The molecule has 0 bridgehead atoms. The third-order valence-electron chi connectivity index (χ3n) is 4.57. The quantitative estimate of drug-likeness (QED) is 0.267. The molecule has 0 aliphatic heterocycles. The lowest BCUT2D eigenvalue weighted by Crippen LogP contribution is -2.15. The second-order valence-corrected chi connectivity index (χ2v) is 8.57. The first-order valence-electron chi connectivity index (χ1n) is 10.3. The van der Waals surface area contributed by atoms with Gasteiger partial charge < -0.3 is 9.84 Å². The molecule has 5 nitrogen and oxygen atoms in total. The number of carbonyl (C=O) groups is 2. The van der Waals surface area contributed by atoms with Crippen LogP contribution >= 0.6 is 11.3 Å². The highest BCUT2D eigenvalue weighted by Gasteiger charge is 2.20. The Morgan fingerprint density at radius 1 is 1.21 bits per heavy atom.